The summed E-state index contributed by atoms with van der Waals surface area (Å²) >= 11 is 0. The molecule has 2 rings (SSSR count). The molecule has 0 radical (unpaired) electrons. The minimum Gasteiger partial charge on any atom is -0.431 e. The molecule has 103 heavy (non-hydrogen) atoms. The topological polar surface area (TPSA) is 219 Å². The fourth-order valence-corrected chi connectivity index (χ4v) is 14.3. The summed E-state index contributed by atoms with van der Waals surface area (Å²) in [4.78, 5) is 26.8. The Balaban J connectivity index is 2.67. The van der Waals surface area contributed by atoms with Crippen LogP contribution in [0.1, 0.15) is 297 Å². The molecule has 12 atom stereocenters. The molecule has 0 amide bonds. The van der Waals surface area contributed by atoms with Crippen LogP contribution in [0.2, 0.25) is 0 Å². The van der Waals surface area contributed by atoms with Crippen LogP contribution in [0.15, 0.2) is 62.8 Å². The molecule has 0 aliphatic carbocycles. The maximum atomic E-state index is 14.8. The third kappa shape index (κ3) is 47.5. The summed E-state index contributed by atoms with van der Waals surface area (Å²) in [6.07, 6.45) is 40.7. The Hall–Kier alpha value is -3.05. The number of allylic oxidation sites excluding steroid dienone is 2. The molecule has 0 bridgehead atoms. The molecule has 1 unspecified atom stereocenters. The first-order valence-electron chi connectivity index (χ1n) is 40.8. The fourth-order valence-electron chi connectivity index (χ4n) is 13.0. The van der Waals surface area contributed by atoms with Crippen molar-refractivity contribution in [3.63, 3.8) is 0 Å². The molecule has 0 aromatic carbocycles. The molecule has 21 heteroatoms. The van der Waals surface area contributed by atoms with Crippen molar-refractivity contribution in [1.29, 1.82) is 0 Å². The SMILES string of the molecule is C=CCOC(=O)O[C@H](CCCCCCCCCCC)CCO[C@H]1C(O)O[C@H](CO[C@@H]2O[C@H](COC)[C@@H](OP(=O)(OCC=C)OCC=C)[C@H](OCC[C@@H](CCCCCCC)OC)[C@H]2OCCCCCCCCCC/C=C\CCCCCC)[C@@H](OC(=O)OCC=C)[C@@H]1OCCCCCCCCCCCC. The van der Waals surface area contributed by atoms with E-state index in [0.717, 1.165) is 116 Å². The standard InChI is InChI=1S/C82H149O20P/c1-11-19-23-27-30-33-35-36-37-38-39-40-43-46-50-54-64-90-78-76(91-65-57-69(88-10)55-51-47-26-22-14-4)74(102-103(86,96-61-17-7)97-62-18-8)71(67-87-9)100-80(78)95-68-72-73(101-82(85)94-60-16-6)75(89-63-53-49-45-42-34-31-28-24-20-12-2)77(79(83)99-72)92-66-58-70(98-81(84)93-59-15-5)56-52-48-44-41-32-29-25-21-13-3/h15-18,33,35,69-80,83H,5-8,11-14,19-32,34,36-68H2,1-4,9-10H3/b35-33-/t69-,70-,71-,72-,73-,74-,75+,76+,77-,78-,79?,80-/m1/s1. The molecular formula is C82H149O20P. The van der Waals surface area contributed by atoms with Crippen molar-refractivity contribution in [3.8, 4) is 0 Å². The van der Waals surface area contributed by atoms with Gasteiger partial charge in [0.15, 0.2) is 18.7 Å². The second kappa shape index (κ2) is 67.1. The highest BCUT2D eigenvalue weighted by atomic mass is 31.2. The van der Waals surface area contributed by atoms with E-state index in [1.165, 1.54) is 153 Å². The molecule has 0 aromatic rings. The number of methoxy groups -OCH3 is 2. The van der Waals surface area contributed by atoms with Crippen molar-refractivity contribution in [2.45, 2.75) is 371 Å². The number of aliphatic hydroxyl groups excluding tert-OH is 1. The van der Waals surface area contributed by atoms with E-state index in [1.54, 1.807) is 7.11 Å². The first-order valence-corrected chi connectivity index (χ1v) is 42.3. The first kappa shape index (κ1) is 96.0. The molecule has 1 N–H and O–H groups in total. The largest absolute Gasteiger partial charge is 0.509 e. The maximum Gasteiger partial charge on any atom is 0.509 e. The van der Waals surface area contributed by atoms with E-state index < -0.39 is 87.6 Å². The number of phosphoric acid groups is 1. The molecule has 2 aliphatic rings. The molecule has 0 aromatic heterocycles. The molecule has 2 fully saturated rings. The molecule has 0 spiro atoms. The quantitative estimate of drug-likeness (QED) is 0.0259. The normalized spacial score (nSPS) is 21.3. The number of carbonyl (C=O) groups is 2. The van der Waals surface area contributed by atoms with Crippen molar-refractivity contribution in [2.75, 3.05) is 80.3 Å². The van der Waals surface area contributed by atoms with Gasteiger partial charge in [-0.15, -0.1) is 13.2 Å². The van der Waals surface area contributed by atoms with E-state index in [9.17, 15) is 19.3 Å². The zero-order valence-electron chi connectivity index (χ0n) is 65.6. The number of carbonyl (C=O) groups excluding carboxylic acids is 2. The number of aliphatic hydroxyl groups is 1. The van der Waals surface area contributed by atoms with Crippen molar-refractivity contribution in [1.82, 2.24) is 0 Å². The van der Waals surface area contributed by atoms with Crippen LogP contribution in [0.4, 0.5) is 9.59 Å². The lowest BCUT2D eigenvalue weighted by Crippen LogP contribution is -2.64. The van der Waals surface area contributed by atoms with Gasteiger partial charge in [-0.2, -0.15) is 0 Å². The van der Waals surface area contributed by atoms with Crippen molar-refractivity contribution >= 4 is 20.1 Å². The Morgan fingerprint density at radius 3 is 1.30 bits per heavy atom. The van der Waals surface area contributed by atoms with Crippen molar-refractivity contribution < 1.29 is 94.4 Å². The number of unbranched alkanes of at least 4 members (excludes halogenated alkanes) is 33. The number of phosphoric ester groups is 1. The monoisotopic (exact) mass is 1490 g/mol. The fraction of sp³-hybridized carbons (Fsp3) is 0.854. The summed E-state index contributed by atoms with van der Waals surface area (Å²) < 4.78 is 115. The van der Waals surface area contributed by atoms with Crippen LogP contribution in [-0.4, -0.2) is 171 Å². The highest BCUT2D eigenvalue weighted by molar-refractivity contribution is 7.48. The van der Waals surface area contributed by atoms with Gasteiger partial charge in [0.2, 0.25) is 0 Å². The number of hydrogen-bond donors (Lipinski definition) is 1. The maximum absolute atomic E-state index is 14.8. The van der Waals surface area contributed by atoms with E-state index in [2.05, 4.69) is 66.2 Å². The highest BCUT2D eigenvalue weighted by Crippen LogP contribution is 2.53. The van der Waals surface area contributed by atoms with Crippen LogP contribution >= 0.6 is 7.82 Å². The molecule has 2 saturated heterocycles. The highest BCUT2D eigenvalue weighted by Gasteiger charge is 2.54. The lowest BCUT2D eigenvalue weighted by Gasteiger charge is -2.47. The summed E-state index contributed by atoms with van der Waals surface area (Å²) in [5.41, 5.74) is 0. The van der Waals surface area contributed by atoms with Crippen molar-refractivity contribution in [3.05, 3.63) is 62.8 Å². The third-order valence-corrected chi connectivity index (χ3v) is 20.3. The summed E-state index contributed by atoms with van der Waals surface area (Å²) in [6.45, 7) is 23.6. The smallest absolute Gasteiger partial charge is 0.431 e. The average Bonchev–Trinajstić information content (AvgIpc) is 0.784. The second-order valence-electron chi connectivity index (χ2n) is 27.8. The second-order valence-corrected chi connectivity index (χ2v) is 29.4. The first-order chi connectivity index (χ1) is 50.4. The Morgan fingerprint density at radius 2 is 0.816 bits per heavy atom. The van der Waals surface area contributed by atoms with Crippen LogP contribution in [0.25, 0.3) is 0 Å². The van der Waals surface area contributed by atoms with E-state index >= 15 is 0 Å². The van der Waals surface area contributed by atoms with Crippen LogP contribution < -0.4 is 0 Å². The average molecular weight is 1490 g/mol. The summed E-state index contributed by atoms with van der Waals surface area (Å²) in [5.74, 6) is 0. The third-order valence-electron chi connectivity index (χ3n) is 18.9. The van der Waals surface area contributed by atoms with Gasteiger partial charge in [0.25, 0.3) is 0 Å². The Kier molecular flexibility index (Phi) is 62.6. The van der Waals surface area contributed by atoms with Gasteiger partial charge in [0, 0.05) is 40.5 Å². The van der Waals surface area contributed by atoms with Crippen molar-refractivity contribution in [2.24, 2.45) is 0 Å². The number of ether oxygens (including phenoxy) is 13. The Bertz CT molecular complexity index is 2090. The van der Waals surface area contributed by atoms with E-state index in [4.69, 9.17) is 75.2 Å². The van der Waals surface area contributed by atoms with E-state index in [0.29, 0.717) is 25.7 Å². The van der Waals surface area contributed by atoms with Gasteiger partial charge < -0.3 is 66.7 Å². The summed E-state index contributed by atoms with van der Waals surface area (Å²) in [6, 6.07) is 0. The van der Waals surface area contributed by atoms with Crippen LogP contribution in [0, 0.1) is 0 Å². The predicted octanol–water partition coefficient (Wildman–Crippen LogP) is 21.0. The predicted molar refractivity (Wildman–Crippen MR) is 410 cm³/mol. The molecule has 602 valence electrons. The van der Waals surface area contributed by atoms with Gasteiger partial charge in [-0.1, -0.05) is 276 Å². The molecule has 0 saturated carbocycles. The summed E-state index contributed by atoms with van der Waals surface area (Å²) in [5, 5.41) is 12.3. The minimum absolute atomic E-state index is 0.000956. The zero-order chi connectivity index (χ0) is 74.9. The van der Waals surface area contributed by atoms with Gasteiger partial charge in [0.05, 0.1) is 39.1 Å². The van der Waals surface area contributed by atoms with Gasteiger partial charge in [0.1, 0.15) is 62.0 Å². The van der Waals surface area contributed by atoms with Crippen LogP contribution in [0.3, 0.4) is 0 Å². The zero-order valence-corrected chi connectivity index (χ0v) is 66.5. The Labute approximate surface area is 625 Å². The molecule has 2 heterocycles. The van der Waals surface area contributed by atoms with Gasteiger partial charge >= 0.3 is 20.1 Å². The van der Waals surface area contributed by atoms with E-state index in [-0.39, 0.29) is 78.6 Å². The lowest BCUT2D eigenvalue weighted by molar-refractivity contribution is -0.338. The van der Waals surface area contributed by atoms with Crippen LogP contribution in [0.5, 0.6) is 0 Å². The number of hydrogen-bond acceptors (Lipinski definition) is 20. The molecule has 20 nitrogen and oxygen atoms in total. The molecule has 2 aliphatic heterocycles. The lowest BCUT2D eigenvalue weighted by atomic mass is 9.97. The minimum atomic E-state index is -4.42. The molecular weight excluding hydrogens is 1340 g/mol. The van der Waals surface area contributed by atoms with Gasteiger partial charge in [-0.3, -0.25) is 13.6 Å². The van der Waals surface area contributed by atoms with E-state index in [1.807, 2.05) is 0 Å². The Morgan fingerprint density at radius 1 is 0.417 bits per heavy atom. The van der Waals surface area contributed by atoms with Gasteiger partial charge in [-0.05, 0) is 64.2 Å². The van der Waals surface area contributed by atoms with Crippen LogP contribution in [-0.2, 0) is 79.7 Å². The van der Waals surface area contributed by atoms with Gasteiger partial charge in [-0.25, -0.2) is 14.2 Å². The number of rotatable bonds is 73. The summed E-state index contributed by atoms with van der Waals surface area (Å²) in [7, 11) is -1.19.